The normalized spacial score (nSPS) is 14.8. The first-order chi connectivity index (χ1) is 12.0. The van der Waals surface area contributed by atoms with Crippen LogP contribution in [0.3, 0.4) is 0 Å². The Kier molecular flexibility index (Phi) is 9.18. The summed E-state index contributed by atoms with van der Waals surface area (Å²) in [7, 11) is -8.55. The first-order valence-electron chi connectivity index (χ1n) is 8.29. The van der Waals surface area contributed by atoms with Gasteiger partial charge in [0.05, 0.1) is 6.61 Å². The van der Waals surface area contributed by atoms with Crippen molar-refractivity contribution in [1.29, 1.82) is 0 Å². The van der Waals surface area contributed by atoms with Crippen molar-refractivity contribution >= 4 is 21.0 Å². The van der Waals surface area contributed by atoms with E-state index in [9.17, 15) is 14.0 Å². The molecule has 0 heterocycles. The molecule has 1 unspecified atom stereocenters. The molecule has 0 amide bonds. The highest BCUT2D eigenvalue weighted by Crippen LogP contribution is 2.54. The van der Waals surface area contributed by atoms with Crippen molar-refractivity contribution in [2.24, 2.45) is 0 Å². The summed E-state index contributed by atoms with van der Waals surface area (Å²) in [5.41, 5.74) is 4.40. The van der Waals surface area contributed by atoms with Crippen molar-refractivity contribution < 1.29 is 28.5 Å². The second-order valence-corrected chi connectivity index (χ2v) is 11.1. The molecule has 0 bridgehead atoms. The summed E-state index contributed by atoms with van der Waals surface area (Å²) < 4.78 is 27.7. The summed E-state index contributed by atoms with van der Waals surface area (Å²) in [5.74, 6) is -1.06. The molecule has 0 aliphatic rings. The average Bonchev–Trinajstić information content (AvgIpc) is 2.44. The van der Waals surface area contributed by atoms with Crippen molar-refractivity contribution in [2.45, 2.75) is 40.2 Å². The first-order valence-corrected chi connectivity index (χ1v) is 12.1. The van der Waals surface area contributed by atoms with Gasteiger partial charge in [-0.15, -0.1) is 0 Å². The summed E-state index contributed by atoms with van der Waals surface area (Å²) in [6, 6.07) is 7.61. The number of ether oxygens (including phenoxy) is 1. The lowest BCUT2D eigenvalue weighted by Crippen LogP contribution is -2.00. The lowest BCUT2D eigenvalue weighted by atomic mass is 10.1. The largest absolute Gasteiger partial charge is 0.367 e. The van der Waals surface area contributed by atoms with Gasteiger partial charge in [-0.25, -0.2) is 0 Å². The first kappa shape index (κ1) is 23.0. The van der Waals surface area contributed by atoms with Crippen LogP contribution in [0.1, 0.15) is 44.7 Å². The fraction of sp³-hybridized carbons (Fsp3) is 0.444. The molecule has 1 aromatic carbocycles. The minimum absolute atomic E-state index is 0.101. The molecule has 0 saturated heterocycles. The Morgan fingerprint density at radius 2 is 1.85 bits per heavy atom. The predicted molar refractivity (Wildman–Crippen MR) is 105 cm³/mol. The molecule has 146 valence electrons. The number of allylic oxidation sites excluding steroid dienone is 3. The zero-order chi connectivity index (χ0) is 19.8. The van der Waals surface area contributed by atoms with Crippen LogP contribution >= 0.6 is 15.0 Å². The van der Waals surface area contributed by atoms with Crippen molar-refractivity contribution in [3.63, 3.8) is 0 Å². The second-order valence-electron chi connectivity index (χ2n) is 6.69. The van der Waals surface area contributed by atoms with Gasteiger partial charge in [0.25, 0.3) is 0 Å². The maximum atomic E-state index is 11.7. The van der Waals surface area contributed by atoms with Crippen LogP contribution < -0.4 is 0 Å². The molecule has 1 atom stereocenters. The standard InChI is InChI=1S/C18H28O6P2/c1-15(2)6-4-7-16(3)10-17-8-5-9-18(11-17)12-24-13-25(19,20)14-26(21,22)23/h5-6,8-11H,4,7,12-14H2,1-3H3,(H,19,20)(H2,21,22,23)/b16-10+. The summed E-state index contributed by atoms with van der Waals surface area (Å²) in [5, 5.41) is 0. The van der Waals surface area contributed by atoms with Gasteiger partial charge >= 0.3 is 7.60 Å². The molecule has 8 heteroatoms. The molecule has 26 heavy (non-hydrogen) atoms. The predicted octanol–water partition coefficient (Wildman–Crippen LogP) is 4.72. The van der Waals surface area contributed by atoms with Gasteiger partial charge in [-0.1, -0.05) is 41.5 Å². The van der Waals surface area contributed by atoms with Crippen LogP contribution in [0.2, 0.25) is 0 Å². The van der Waals surface area contributed by atoms with Crippen molar-refractivity contribution in [2.75, 3.05) is 12.3 Å². The van der Waals surface area contributed by atoms with Crippen molar-refractivity contribution in [3.8, 4) is 0 Å². The van der Waals surface area contributed by atoms with Crippen molar-refractivity contribution in [1.82, 2.24) is 0 Å². The van der Waals surface area contributed by atoms with E-state index in [2.05, 4.69) is 32.9 Å². The minimum Gasteiger partial charge on any atom is -0.367 e. The fourth-order valence-electron chi connectivity index (χ4n) is 2.35. The molecule has 1 aromatic rings. The van der Waals surface area contributed by atoms with Gasteiger partial charge in [-0.3, -0.25) is 9.13 Å². The molecule has 1 rings (SSSR count). The SMILES string of the molecule is CC(C)=CCC/C(C)=C/c1cccc(COCP(=O)(O)CP(=O)(O)O)c1. The quantitative estimate of drug-likeness (QED) is 0.387. The van der Waals surface area contributed by atoms with E-state index >= 15 is 0 Å². The molecule has 0 aromatic heterocycles. The summed E-state index contributed by atoms with van der Waals surface area (Å²) in [6.45, 7) is 6.33. The van der Waals surface area contributed by atoms with Crippen LogP contribution in [0, 0.1) is 0 Å². The van der Waals surface area contributed by atoms with E-state index in [1.807, 2.05) is 24.3 Å². The third-order valence-corrected chi connectivity index (χ3v) is 7.25. The molecule has 3 N–H and O–H groups in total. The van der Waals surface area contributed by atoms with Crippen LogP contribution in [0.4, 0.5) is 0 Å². The monoisotopic (exact) mass is 402 g/mol. The molecule has 0 aliphatic heterocycles. The van der Waals surface area contributed by atoms with Crippen LogP contribution in [0.15, 0.2) is 41.5 Å². The third-order valence-electron chi connectivity index (χ3n) is 3.42. The van der Waals surface area contributed by atoms with Crippen LogP contribution in [-0.2, 0) is 20.5 Å². The summed E-state index contributed by atoms with van der Waals surface area (Å²) in [4.78, 5) is 27.1. The molecular formula is C18H28O6P2. The molecule has 0 aliphatic carbocycles. The molecule has 0 saturated carbocycles. The Morgan fingerprint density at radius 1 is 1.15 bits per heavy atom. The maximum absolute atomic E-state index is 11.7. The van der Waals surface area contributed by atoms with Gasteiger partial charge in [0.1, 0.15) is 12.3 Å². The molecule has 6 nitrogen and oxygen atoms in total. The van der Waals surface area contributed by atoms with Crippen LogP contribution in [0.25, 0.3) is 6.08 Å². The Hall–Kier alpha value is -1.00. The topological polar surface area (TPSA) is 104 Å². The highest BCUT2D eigenvalue weighted by Gasteiger charge is 2.29. The summed E-state index contributed by atoms with van der Waals surface area (Å²) >= 11 is 0. The second kappa shape index (κ2) is 10.4. The molecular weight excluding hydrogens is 374 g/mol. The van der Waals surface area contributed by atoms with Gasteiger partial charge in [0.15, 0.2) is 0 Å². The molecule has 0 spiro atoms. The average molecular weight is 402 g/mol. The fourth-order valence-corrected chi connectivity index (χ4v) is 5.36. The van der Waals surface area contributed by atoms with E-state index in [0.717, 1.165) is 24.0 Å². The van der Waals surface area contributed by atoms with E-state index in [-0.39, 0.29) is 6.61 Å². The molecule has 0 radical (unpaired) electrons. The molecule has 0 fully saturated rings. The zero-order valence-corrected chi connectivity index (χ0v) is 17.2. The van der Waals surface area contributed by atoms with Gasteiger partial charge in [-0.05, 0) is 50.8 Å². The van der Waals surface area contributed by atoms with Crippen LogP contribution in [0.5, 0.6) is 0 Å². The zero-order valence-electron chi connectivity index (χ0n) is 15.5. The number of benzene rings is 1. The van der Waals surface area contributed by atoms with E-state index in [1.165, 1.54) is 11.1 Å². The van der Waals surface area contributed by atoms with Gasteiger partial charge in [0.2, 0.25) is 7.37 Å². The Bertz CT molecular complexity index is 744. The van der Waals surface area contributed by atoms with Gasteiger partial charge in [0, 0.05) is 0 Å². The third kappa shape index (κ3) is 10.9. The maximum Gasteiger partial charge on any atom is 0.335 e. The van der Waals surface area contributed by atoms with E-state index in [1.54, 1.807) is 0 Å². The highest BCUT2D eigenvalue weighted by molar-refractivity contribution is 7.72. The Morgan fingerprint density at radius 3 is 2.46 bits per heavy atom. The van der Waals surface area contributed by atoms with Crippen LogP contribution in [-0.4, -0.2) is 26.9 Å². The van der Waals surface area contributed by atoms with Crippen molar-refractivity contribution in [3.05, 3.63) is 52.6 Å². The Labute approximate surface area is 155 Å². The Balaban J connectivity index is 2.60. The highest BCUT2D eigenvalue weighted by atomic mass is 31.2. The number of hydrogen-bond acceptors (Lipinski definition) is 3. The lowest BCUT2D eigenvalue weighted by Gasteiger charge is -2.13. The van der Waals surface area contributed by atoms with Gasteiger partial charge in [-0.2, -0.15) is 0 Å². The number of rotatable bonds is 10. The summed E-state index contributed by atoms with van der Waals surface area (Å²) in [6.07, 6.45) is 5.68. The number of hydrogen-bond donors (Lipinski definition) is 3. The van der Waals surface area contributed by atoms with E-state index in [0.29, 0.717) is 0 Å². The van der Waals surface area contributed by atoms with Gasteiger partial charge < -0.3 is 19.4 Å². The van der Waals surface area contributed by atoms with E-state index in [4.69, 9.17) is 14.5 Å². The lowest BCUT2D eigenvalue weighted by molar-refractivity contribution is 0.155. The minimum atomic E-state index is -4.54. The smallest absolute Gasteiger partial charge is 0.335 e. The van der Waals surface area contributed by atoms with E-state index < -0.39 is 27.2 Å².